The average molecular weight is 401 g/mol. The number of anilines is 1. The minimum Gasteiger partial charge on any atom is -0.452 e. The van der Waals surface area contributed by atoms with Crippen LogP contribution in [0.25, 0.3) is 0 Å². The minimum absolute atomic E-state index is 0.0733. The molecule has 1 aromatic carbocycles. The molecule has 2 aromatic rings. The van der Waals surface area contributed by atoms with E-state index in [0.717, 1.165) is 22.5 Å². The van der Waals surface area contributed by atoms with Crippen molar-refractivity contribution in [2.45, 2.75) is 13.8 Å². The number of esters is 1. The molecule has 0 radical (unpaired) electrons. The molecule has 0 saturated heterocycles. The average Bonchev–Trinajstić information content (AvgIpc) is 2.86. The topological polar surface area (TPSA) is 84.5 Å². The van der Waals surface area contributed by atoms with Crippen LogP contribution >= 0.6 is 34.5 Å². The fraction of sp³-hybridized carbons (Fsp3) is 0.188. The molecule has 6 nitrogen and oxygen atoms in total. The van der Waals surface area contributed by atoms with Crippen molar-refractivity contribution in [2.75, 3.05) is 11.9 Å². The van der Waals surface area contributed by atoms with Crippen molar-refractivity contribution >= 4 is 58.1 Å². The van der Waals surface area contributed by atoms with Gasteiger partial charge in [-0.05, 0) is 31.5 Å². The zero-order valence-electron chi connectivity index (χ0n) is 13.3. The van der Waals surface area contributed by atoms with Crippen molar-refractivity contribution in [3.8, 4) is 0 Å². The van der Waals surface area contributed by atoms with Gasteiger partial charge in [0.1, 0.15) is 4.34 Å². The number of thiophene rings is 1. The molecular formula is C16H14Cl2N2O4S. The molecule has 0 bridgehead atoms. The van der Waals surface area contributed by atoms with Crippen LogP contribution in [0.2, 0.25) is 8.67 Å². The number of carbonyl (C=O) groups excluding carboxylic acids is 3. The predicted molar refractivity (Wildman–Crippen MR) is 97.7 cm³/mol. The summed E-state index contributed by atoms with van der Waals surface area (Å²) in [6.45, 7) is 3.15. The Hall–Kier alpha value is -2.09. The molecule has 3 amide bonds. The summed E-state index contributed by atoms with van der Waals surface area (Å²) >= 11 is 12.6. The van der Waals surface area contributed by atoms with E-state index in [1.807, 2.05) is 26.0 Å². The minimum atomic E-state index is -0.793. The number of carbonyl (C=O) groups is 3. The van der Waals surface area contributed by atoms with E-state index >= 15 is 0 Å². The fourth-order valence-electron chi connectivity index (χ4n) is 1.96. The van der Waals surface area contributed by atoms with Gasteiger partial charge in [-0.25, -0.2) is 9.59 Å². The normalized spacial score (nSPS) is 10.2. The van der Waals surface area contributed by atoms with Crippen molar-refractivity contribution in [1.82, 2.24) is 5.32 Å². The van der Waals surface area contributed by atoms with Crippen LogP contribution in [0.4, 0.5) is 10.5 Å². The van der Waals surface area contributed by atoms with E-state index in [-0.39, 0.29) is 9.90 Å². The molecule has 2 rings (SSSR count). The molecule has 0 saturated carbocycles. The Kier molecular flexibility index (Phi) is 6.41. The van der Waals surface area contributed by atoms with E-state index in [2.05, 4.69) is 10.6 Å². The lowest BCUT2D eigenvalue weighted by Crippen LogP contribution is -2.37. The van der Waals surface area contributed by atoms with Crippen LogP contribution in [0, 0.1) is 13.8 Å². The summed E-state index contributed by atoms with van der Waals surface area (Å²) in [6.07, 6.45) is 0. The second-order valence-electron chi connectivity index (χ2n) is 5.13. The number of rotatable bonds is 4. The first-order valence-corrected chi connectivity index (χ1v) is 8.63. The highest BCUT2D eigenvalue weighted by molar-refractivity contribution is 7.20. The van der Waals surface area contributed by atoms with Crippen LogP contribution in [-0.4, -0.2) is 24.5 Å². The van der Waals surface area contributed by atoms with Gasteiger partial charge in [0, 0.05) is 5.69 Å². The summed E-state index contributed by atoms with van der Waals surface area (Å²) in [6, 6.07) is 6.10. The zero-order chi connectivity index (χ0) is 18.6. The van der Waals surface area contributed by atoms with Gasteiger partial charge in [-0.1, -0.05) is 40.9 Å². The molecule has 1 heterocycles. The number of halogens is 2. The number of aryl methyl sites for hydroxylation is 2. The molecule has 0 aliphatic carbocycles. The Labute approximate surface area is 158 Å². The van der Waals surface area contributed by atoms with Crippen LogP contribution in [0.3, 0.4) is 0 Å². The van der Waals surface area contributed by atoms with Crippen LogP contribution < -0.4 is 10.6 Å². The SMILES string of the molecule is Cc1ccc(NC(=O)NC(=O)COC(=O)c2cc(Cl)sc2Cl)c(C)c1. The van der Waals surface area contributed by atoms with E-state index in [0.29, 0.717) is 10.0 Å². The summed E-state index contributed by atoms with van der Waals surface area (Å²) in [5.74, 6) is -1.56. The first kappa shape index (κ1) is 19.2. The Morgan fingerprint density at radius 2 is 1.88 bits per heavy atom. The summed E-state index contributed by atoms with van der Waals surface area (Å²) < 4.78 is 5.30. The monoisotopic (exact) mass is 400 g/mol. The lowest BCUT2D eigenvalue weighted by molar-refractivity contribution is -0.123. The quantitative estimate of drug-likeness (QED) is 0.753. The van der Waals surface area contributed by atoms with Crippen LogP contribution in [0.1, 0.15) is 21.5 Å². The maximum absolute atomic E-state index is 11.8. The van der Waals surface area contributed by atoms with Crippen LogP contribution in [0.5, 0.6) is 0 Å². The van der Waals surface area contributed by atoms with Gasteiger partial charge in [0.25, 0.3) is 5.91 Å². The summed E-state index contributed by atoms with van der Waals surface area (Å²) in [5.41, 5.74) is 2.56. The summed E-state index contributed by atoms with van der Waals surface area (Å²) in [5, 5.41) is 4.63. The highest BCUT2D eigenvalue weighted by atomic mass is 35.5. The number of hydrogen-bond donors (Lipinski definition) is 2. The summed E-state index contributed by atoms with van der Waals surface area (Å²) in [7, 11) is 0. The lowest BCUT2D eigenvalue weighted by atomic mass is 10.1. The maximum atomic E-state index is 11.8. The number of ether oxygens (including phenoxy) is 1. The molecule has 1 aromatic heterocycles. The van der Waals surface area contributed by atoms with E-state index in [1.54, 1.807) is 6.07 Å². The zero-order valence-corrected chi connectivity index (χ0v) is 15.6. The number of amides is 3. The summed E-state index contributed by atoms with van der Waals surface area (Å²) in [4.78, 5) is 35.3. The van der Waals surface area contributed by atoms with E-state index in [1.165, 1.54) is 6.07 Å². The Bertz CT molecular complexity index is 836. The van der Waals surface area contributed by atoms with Gasteiger partial charge in [0.05, 0.1) is 9.90 Å². The molecule has 0 fully saturated rings. The Morgan fingerprint density at radius 3 is 2.48 bits per heavy atom. The second-order valence-corrected chi connectivity index (χ2v) is 7.42. The molecule has 2 N–H and O–H groups in total. The Balaban J connectivity index is 1.84. The third-order valence-electron chi connectivity index (χ3n) is 3.09. The van der Waals surface area contributed by atoms with Crippen molar-refractivity contribution in [1.29, 1.82) is 0 Å². The van der Waals surface area contributed by atoms with E-state index < -0.39 is 24.5 Å². The maximum Gasteiger partial charge on any atom is 0.341 e. The van der Waals surface area contributed by atoms with Crippen molar-refractivity contribution in [2.24, 2.45) is 0 Å². The molecule has 132 valence electrons. The number of imide groups is 1. The first-order valence-electron chi connectivity index (χ1n) is 7.06. The molecule has 9 heteroatoms. The molecule has 0 aliphatic rings. The van der Waals surface area contributed by atoms with Crippen molar-refractivity contribution in [3.05, 3.63) is 49.6 Å². The fourth-order valence-corrected chi connectivity index (χ4v) is 3.40. The third kappa shape index (κ3) is 5.45. The van der Waals surface area contributed by atoms with Crippen molar-refractivity contribution < 1.29 is 19.1 Å². The number of benzene rings is 1. The van der Waals surface area contributed by atoms with Crippen LogP contribution in [0.15, 0.2) is 24.3 Å². The van der Waals surface area contributed by atoms with Gasteiger partial charge in [-0.2, -0.15) is 0 Å². The highest BCUT2D eigenvalue weighted by Crippen LogP contribution is 2.31. The number of hydrogen-bond acceptors (Lipinski definition) is 5. The highest BCUT2D eigenvalue weighted by Gasteiger charge is 2.17. The van der Waals surface area contributed by atoms with E-state index in [4.69, 9.17) is 27.9 Å². The van der Waals surface area contributed by atoms with Gasteiger partial charge in [-0.3, -0.25) is 10.1 Å². The molecule has 0 spiro atoms. The molecule has 25 heavy (non-hydrogen) atoms. The van der Waals surface area contributed by atoms with Crippen molar-refractivity contribution in [3.63, 3.8) is 0 Å². The third-order valence-corrected chi connectivity index (χ3v) is 4.58. The number of urea groups is 1. The Morgan fingerprint density at radius 1 is 1.16 bits per heavy atom. The molecule has 0 atom stereocenters. The standard InChI is InChI=1S/C16H14Cl2N2O4S/c1-8-3-4-11(9(2)5-8)19-16(23)20-13(21)7-24-15(22)10-6-12(17)25-14(10)18/h3-6H,7H2,1-2H3,(H2,19,20,21,23). The molecule has 0 aliphatic heterocycles. The number of nitrogens with one attached hydrogen (secondary N) is 2. The second kappa shape index (κ2) is 8.33. The van der Waals surface area contributed by atoms with E-state index in [9.17, 15) is 14.4 Å². The van der Waals surface area contributed by atoms with Gasteiger partial charge >= 0.3 is 12.0 Å². The molecule has 0 unspecified atom stereocenters. The van der Waals surface area contributed by atoms with Gasteiger partial charge < -0.3 is 10.1 Å². The lowest BCUT2D eigenvalue weighted by Gasteiger charge is -2.10. The first-order chi connectivity index (χ1) is 11.8. The predicted octanol–water partition coefficient (Wildman–Crippen LogP) is 4.18. The van der Waals surface area contributed by atoms with Crippen LogP contribution in [-0.2, 0) is 9.53 Å². The van der Waals surface area contributed by atoms with Gasteiger partial charge in [0.2, 0.25) is 0 Å². The molecular weight excluding hydrogens is 387 g/mol. The largest absolute Gasteiger partial charge is 0.452 e. The smallest absolute Gasteiger partial charge is 0.341 e. The van der Waals surface area contributed by atoms with Gasteiger partial charge in [-0.15, -0.1) is 11.3 Å². The van der Waals surface area contributed by atoms with Gasteiger partial charge in [0.15, 0.2) is 6.61 Å².